The Morgan fingerprint density at radius 2 is 1.75 bits per heavy atom. The summed E-state index contributed by atoms with van der Waals surface area (Å²) in [4.78, 5) is 15.0. The quantitative estimate of drug-likeness (QED) is 0.718. The van der Waals surface area contributed by atoms with E-state index in [1.54, 1.807) is 6.92 Å². The number of fused-ring (bicyclic) bond motifs is 1. The lowest BCUT2D eigenvalue weighted by atomic mass is 9.92. The number of likely N-dealkylation sites (N-methyl/N-ethyl adjacent to an activating group) is 1. The van der Waals surface area contributed by atoms with Crippen LogP contribution in [-0.4, -0.2) is 35.1 Å². The third-order valence-corrected chi connectivity index (χ3v) is 5.80. The van der Waals surface area contributed by atoms with Crippen LogP contribution in [0.1, 0.15) is 32.8 Å². The summed E-state index contributed by atoms with van der Waals surface area (Å²) in [6.07, 6.45) is 3.30. The molecule has 0 saturated carbocycles. The number of aromatic nitrogens is 1. The van der Waals surface area contributed by atoms with Gasteiger partial charge in [-0.25, -0.2) is 0 Å². The minimum atomic E-state index is -0.166. The molecule has 0 unspecified atom stereocenters. The first-order chi connectivity index (χ1) is 13.6. The maximum Gasteiger partial charge on any atom is 0.256 e. The van der Waals surface area contributed by atoms with E-state index in [9.17, 15) is 4.79 Å². The maximum atomic E-state index is 12.6. The van der Waals surface area contributed by atoms with Crippen molar-refractivity contribution < 1.29 is 9.32 Å². The van der Waals surface area contributed by atoms with Crippen molar-refractivity contribution in [3.63, 3.8) is 0 Å². The topological polar surface area (TPSA) is 58.4 Å². The Bertz CT molecular complexity index is 940. The smallest absolute Gasteiger partial charge is 0.256 e. The second kappa shape index (κ2) is 7.60. The van der Waals surface area contributed by atoms with Crippen molar-refractivity contribution >= 4 is 5.91 Å². The number of rotatable bonds is 6. The van der Waals surface area contributed by atoms with Gasteiger partial charge in [-0.2, -0.15) is 0 Å². The minimum absolute atomic E-state index is 0.137. The normalized spacial score (nSPS) is 14.8. The average molecular weight is 375 g/mol. The van der Waals surface area contributed by atoms with Gasteiger partial charge in [0.05, 0.1) is 6.20 Å². The summed E-state index contributed by atoms with van der Waals surface area (Å²) >= 11 is 0. The molecule has 0 saturated heterocycles. The molecule has 0 aliphatic heterocycles. The van der Waals surface area contributed by atoms with E-state index in [-0.39, 0.29) is 11.4 Å². The molecule has 1 amide bonds. The zero-order valence-corrected chi connectivity index (χ0v) is 16.3. The van der Waals surface area contributed by atoms with Crippen molar-refractivity contribution in [2.24, 2.45) is 0 Å². The Hall–Kier alpha value is -2.92. The van der Waals surface area contributed by atoms with Gasteiger partial charge in [0, 0.05) is 18.6 Å². The molecule has 3 aromatic rings. The van der Waals surface area contributed by atoms with Gasteiger partial charge in [-0.3, -0.25) is 9.69 Å². The highest BCUT2D eigenvalue weighted by Crippen LogP contribution is 2.34. The number of hydrogen-bond donors (Lipinski definition) is 1. The molecule has 1 N–H and O–H groups in total. The molecule has 1 heterocycles. The van der Waals surface area contributed by atoms with Gasteiger partial charge in [-0.15, -0.1) is 0 Å². The Morgan fingerprint density at radius 1 is 1.11 bits per heavy atom. The minimum Gasteiger partial charge on any atom is -0.361 e. The van der Waals surface area contributed by atoms with E-state index in [1.807, 2.05) is 6.07 Å². The van der Waals surface area contributed by atoms with Crippen LogP contribution in [0.2, 0.25) is 0 Å². The molecule has 0 atom stereocenters. The van der Waals surface area contributed by atoms with Crippen LogP contribution in [0.5, 0.6) is 0 Å². The zero-order valence-electron chi connectivity index (χ0n) is 16.3. The number of amides is 1. The molecule has 0 spiro atoms. The van der Waals surface area contributed by atoms with Crippen LogP contribution < -0.4 is 5.32 Å². The van der Waals surface area contributed by atoms with Gasteiger partial charge in [0.2, 0.25) is 0 Å². The SMILES string of the molecule is Cc1oncc1C(=O)NCC1(N(C)Cc2ccccc2)Cc2ccccc2C1. The second-order valence-electron chi connectivity index (χ2n) is 7.67. The van der Waals surface area contributed by atoms with Crippen molar-refractivity contribution in [3.05, 3.63) is 88.8 Å². The van der Waals surface area contributed by atoms with Gasteiger partial charge in [0.15, 0.2) is 0 Å². The van der Waals surface area contributed by atoms with E-state index in [0.717, 1.165) is 19.4 Å². The fraction of sp³-hybridized carbons (Fsp3) is 0.304. The van der Waals surface area contributed by atoms with Gasteiger partial charge < -0.3 is 9.84 Å². The number of hydrogen-bond acceptors (Lipinski definition) is 4. The molecule has 4 rings (SSSR count). The molecule has 0 radical (unpaired) electrons. The molecule has 144 valence electrons. The molecule has 1 aromatic heterocycles. The van der Waals surface area contributed by atoms with Crippen LogP contribution in [0.4, 0.5) is 0 Å². The number of aryl methyl sites for hydroxylation is 1. The molecular formula is C23H25N3O2. The first-order valence-electron chi connectivity index (χ1n) is 9.59. The Kier molecular flexibility index (Phi) is 5.01. The zero-order chi connectivity index (χ0) is 19.6. The van der Waals surface area contributed by atoms with Crippen molar-refractivity contribution in [3.8, 4) is 0 Å². The van der Waals surface area contributed by atoms with E-state index in [2.05, 4.69) is 71.0 Å². The van der Waals surface area contributed by atoms with E-state index in [1.165, 1.54) is 22.9 Å². The fourth-order valence-corrected chi connectivity index (χ4v) is 4.09. The van der Waals surface area contributed by atoms with Crippen LogP contribution in [0.25, 0.3) is 0 Å². The molecule has 28 heavy (non-hydrogen) atoms. The van der Waals surface area contributed by atoms with Gasteiger partial charge in [0.1, 0.15) is 11.3 Å². The summed E-state index contributed by atoms with van der Waals surface area (Å²) < 4.78 is 5.04. The lowest BCUT2D eigenvalue weighted by Crippen LogP contribution is -2.54. The standard InChI is InChI=1S/C23H25N3O2/c1-17-21(14-25-28-17)22(27)24-16-23(12-19-10-6-7-11-20(19)13-23)26(2)15-18-8-4-3-5-9-18/h3-11,14H,12-13,15-16H2,1-2H3,(H,24,27). The van der Waals surface area contributed by atoms with Gasteiger partial charge in [-0.05, 0) is 43.5 Å². The van der Waals surface area contributed by atoms with Crippen molar-refractivity contribution in [2.45, 2.75) is 31.8 Å². The lowest BCUT2D eigenvalue weighted by Gasteiger charge is -2.39. The first-order valence-corrected chi connectivity index (χ1v) is 9.59. The summed E-state index contributed by atoms with van der Waals surface area (Å²) in [5, 5.41) is 6.85. The molecule has 0 bridgehead atoms. The van der Waals surface area contributed by atoms with Gasteiger partial charge >= 0.3 is 0 Å². The predicted octanol–water partition coefficient (Wildman–Crippen LogP) is 3.38. The highest BCUT2D eigenvalue weighted by Gasteiger charge is 2.41. The lowest BCUT2D eigenvalue weighted by molar-refractivity contribution is 0.0855. The van der Waals surface area contributed by atoms with Crippen LogP contribution in [0, 0.1) is 6.92 Å². The van der Waals surface area contributed by atoms with Crippen molar-refractivity contribution in [1.82, 2.24) is 15.4 Å². The molecule has 5 nitrogen and oxygen atoms in total. The Balaban J connectivity index is 1.56. The van der Waals surface area contributed by atoms with Crippen molar-refractivity contribution in [2.75, 3.05) is 13.6 Å². The third-order valence-electron chi connectivity index (χ3n) is 5.80. The predicted molar refractivity (Wildman–Crippen MR) is 108 cm³/mol. The summed E-state index contributed by atoms with van der Waals surface area (Å²) in [7, 11) is 2.15. The second-order valence-corrected chi connectivity index (χ2v) is 7.67. The number of benzene rings is 2. The monoisotopic (exact) mass is 375 g/mol. The molecule has 1 aliphatic rings. The van der Waals surface area contributed by atoms with Gasteiger partial charge in [0.25, 0.3) is 5.91 Å². The highest BCUT2D eigenvalue weighted by molar-refractivity contribution is 5.94. The van der Waals surface area contributed by atoms with Crippen molar-refractivity contribution in [1.29, 1.82) is 0 Å². The largest absolute Gasteiger partial charge is 0.361 e. The summed E-state index contributed by atoms with van der Waals surface area (Å²) in [6.45, 7) is 3.15. The summed E-state index contributed by atoms with van der Waals surface area (Å²) in [6, 6.07) is 19.0. The molecule has 5 heteroatoms. The van der Waals surface area contributed by atoms with Crippen LogP contribution in [0.3, 0.4) is 0 Å². The highest BCUT2D eigenvalue weighted by atomic mass is 16.5. The Labute approximate surface area is 165 Å². The molecule has 2 aromatic carbocycles. The fourth-order valence-electron chi connectivity index (χ4n) is 4.09. The number of carbonyl (C=O) groups excluding carboxylic acids is 1. The molecular weight excluding hydrogens is 350 g/mol. The van der Waals surface area contributed by atoms with E-state index in [4.69, 9.17) is 4.52 Å². The van der Waals surface area contributed by atoms with Crippen LogP contribution in [-0.2, 0) is 19.4 Å². The van der Waals surface area contributed by atoms with E-state index >= 15 is 0 Å². The van der Waals surface area contributed by atoms with Gasteiger partial charge in [-0.1, -0.05) is 59.8 Å². The molecule has 0 fully saturated rings. The van der Waals surface area contributed by atoms with E-state index < -0.39 is 0 Å². The Morgan fingerprint density at radius 3 is 2.36 bits per heavy atom. The van der Waals surface area contributed by atoms with Crippen LogP contribution in [0.15, 0.2) is 65.3 Å². The summed E-state index contributed by atoms with van der Waals surface area (Å²) in [5.74, 6) is 0.404. The first kappa shape index (κ1) is 18.4. The average Bonchev–Trinajstić information content (AvgIpc) is 3.31. The molecule has 1 aliphatic carbocycles. The number of nitrogens with zero attached hydrogens (tertiary/aromatic N) is 2. The third kappa shape index (κ3) is 3.58. The van der Waals surface area contributed by atoms with E-state index in [0.29, 0.717) is 17.9 Å². The maximum absolute atomic E-state index is 12.6. The number of nitrogens with one attached hydrogen (secondary N) is 1. The summed E-state index contributed by atoms with van der Waals surface area (Å²) in [5.41, 5.74) is 4.31. The number of carbonyl (C=O) groups is 1. The van der Waals surface area contributed by atoms with Crippen LogP contribution >= 0.6 is 0 Å².